The van der Waals surface area contributed by atoms with Crippen molar-refractivity contribution in [3.8, 4) is 0 Å². The molecular weight excluding hydrogens is 313 g/mol. The first-order valence-corrected chi connectivity index (χ1v) is 5.78. The third kappa shape index (κ3) is 3.02. The van der Waals surface area contributed by atoms with E-state index in [2.05, 4.69) is 21.2 Å². The Kier molecular flexibility index (Phi) is 4.07. The maximum absolute atomic E-state index is 12.6. The summed E-state index contributed by atoms with van der Waals surface area (Å²) in [6.45, 7) is 2.30. The molecule has 0 radical (unpaired) electrons. The van der Waals surface area contributed by atoms with Gasteiger partial charge in [0.15, 0.2) is 5.54 Å². The molecule has 0 saturated carbocycles. The fourth-order valence-corrected chi connectivity index (χ4v) is 1.47. The Morgan fingerprint density at radius 3 is 2.44 bits per heavy atom. The van der Waals surface area contributed by atoms with Crippen molar-refractivity contribution in [2.24, 2.45) is 5.73 Å². The van der Waals surface area contributed by atoms with Gasteiger partial charge in [0.1, 0.15) is 0 Å². The molecule has 0 saturated heterocycles. The summed E-state index contributed by atoms with van der Waals surface area (Å²) in [5, 5.41) is 2.18. The predicted molar refractivity (Wildman–Crippen MR) is 66.2 cm³/mol. The Labute approximate surface area is 111 Å². The highest BCUT2D eigenvalue weighted by molar-refractivity contribution is 9.10. The summed E-state index contributed by atoms with van der Waals surface area (Å²) in [6.07, 6.45) is -4.81. The van der Waals surface area contributed by atoms with Gasteiger partial charge in [0.2, 0.25) is 0 Å². The Morgan fingerprint density at radius 2 is 1.94 bits per heavy atom. The molecule has 0 bridgehead atoms. The van der Waals surface area contributed by atoms with Crippen LogP contribution in [0.5, 0.6) is 0 Å². The predicted octanol–water partition coefficient (Wildman–Crippen LogP) is 2.98. The van der Waals surface area contributed by atoms with Gasteiger partial charge in [0.25, 0.3) is 5.91 Å². The van der Waals surface area contributed by atoms with Crippen LogP contribution in [0.3, 0.4) is 0 Å². The molecule has 18 heavy (non-hydrogen) atoms. The molecule has 0 fully saturated rings. The Hall–Kier alpha value is -1.08. The summed E-state index contributed by atoms with van der Waals surface area (Å²) in [6, 6.07) is 4.90. The fraction of sp³-hybridized carbons (Fsp3) is 0.364. The standard InChI is InChI=1S/C11H12BrF3N2O/c1-6-3-4-7(12)5-8(6)17-9(18)10(2,16)11(13,14)15/h3-5H,16H2,1-2H3,(H,17,18). The minimum Gasteiger partial charge on any atom is -0.324 e. The van der Waals surface area contributed by atoms with E-state index in [1.165, 1.54) is 6.07 Å². The number of anilines is 1. The maximum atomic E-state index is 12.6. The van der Waals surface area contributed by atoms with E-state index in [9.17, 15) is 18.0 Å². The Bertz CT molecular complexity index is 472. The molecule has 7 heteroatoms. The van der Waals surface area contributed by atoms with Crippen LogP contribution in [0.15, 0.2) is 22.7 Å². The van der Waals surface area contributed by atoms with Gasteiger partial charge in [-0.15, -0.1) is 0 Å². The van der Waals surface area contributed by atoms with Crippen LogP contribution in [-0.2, 0) is 4.79 Å². The summed E-state index contributed by atoms with van der Waals surface area (Å²) >= 11 is 3.17. The first-order chi connectivity index (χ1) is 8.05. The largest absolute Gasteiger partial charge is 0.415 e. The number of aryl methyl sites for hydroxylation is 1. The molecule has 1 unspecified atom stereocenters. The van der Waals surface area contributed by atoms with Crippen LogP contribution >= 0.6 is 15.9 Å². The van der Waals surface area contributed by atoms with E-state index >= 15 is 0 Å². The van der Waals surface area contributed by atoms with Crippen LogP contribution in [0.4, 0.5) is 18.9 Å². The lowest BCUT2D eigenvalue weighted by molar-refractivity contribution is -0.184. The molecule has 0 aliphatic carbocycles. The number of halogens is 4. The van der Waals surface area contributed by atoms with Gasteiger partial charge in [0, 0.05) is 10.2 Å². The summed E-state index contributed by atoms with van der Waals surface area (Å²) in [5.41, 5.74) is 3.03. The summed E-state index contributed by atoms with van der Waals surface area (Å²) in [4.78, 5) is 11.6. The average Bonchev–Trinajstić information content (AvgIpc) is 2.21. The average molecular weight is 325 g/mol. The quantitative estimate of drug-likeness (QED) is 0.878. The number of carbonyl (C=O) groups is 1. The number of hydrogen-bond acceptors (Lipinski definition) is 2. The molecule has 1 rings (SSSR count). The van der Waals surface area contributed by atoms with Crippen LogP contribution in [0, 0.1) is 6.92 Å². The number of carbonyl (C=O) groups excluding carboxylic acids is 1. The van der Waals surface area contributed by atoms with Crippen molar-refractivity contribution in [2.45, 2.75) is 25.6 Å². The molecule has 1 atom stereocenters. The van der Waals surface area contributed by atoms with Gasteiger partial charge in [0.05, 0.1) is 0 Å². The highest BCUT2D eigenvalue weighted by atomic mass is 79.9. The van der Waals surface area contributed by atoms with Gasteiger partial charge in [-0.2, -0.15) is 13.2 Å². The Morgan fingerprint density at radius 1 is 1.39 bits per heavy atom. The van der Waals surface area contributed by atoms with E-state index in [-0.39, 0.29) is 5.69 Å². The van der Waals surface area contributed by atoms with Gasteiger partial charge in [-0.05, 0) is 31.5 Å². The van der Waals surface area contributed by atoms with Crippen LogP contribution < -0.4 is 11.1 Å². The lowest BCUT2D eigenvalue weighted by Gasteiger charge is -2.26. The number of hydrogen-bond donors (Lipinski definition) is 2. The van der Waals surface area contributed by atoms with Crippen molar-refractivity contribution in [1.82, 2.24) is 0 Å². The molecule has 0 aromatic heterocycles. The zero-order chi connectivity index (χ0) is 14.1. The van der Waals surface area contributed by atoms with Crippen molar-refractivity contribution in [3.05, 3.63) is 28.2 Å². The lowest BCUT2D eigenvalue weighted by Crippen LogP contribution is -2.59. The van der Waals surface area contributed by atoms with Crippen LogP contribution in [0.1, 0.15) is 12.5 Å². The minimum absolute atomic E-state index is 0.287. The van der Waals surface area contributed by atoms with Gasteiger partial charge in [-0.25, -0.2) is 0 Å². The fourth-order valence-electron chi connectivity index (χ4n) is 1.11. The molecular formula is C11H12BrF3N2O. The maximum Gasteiger partial charge on any atom is 0.415 e. The molecule has 0 heterocycles. The summed E-state index contributed by atoms with van der Waals surface area (Å²) in [5.74, 6) is -1.30. The zero-order valence-corrected chi connectivity index (χ0v) is 11.3. The molecule has 0 aliphatic rings. The lowest BCUT2D eigenvalue weighted by atomic mass is 10.0. The number of amides is 1. The van der Waals surface area contributed by atoms with E-state index in [4.69, 9.17) is 5.73 Å². The first-order valence-electron chi connectivity index (χ1n) is 4.99. The summed E-state index contributed by atoms with van der Waals surface area (Å²) < 4.78 is 38.4. The second-order valence-corrected chi connectivity index (χ2v) is 5.03. The third-order valence-corrected chi connectivity index (χ3v) is 3.00. The molecule has 100 valence electrons. The Balaban J connectivity index is 2.98. The van der Waals surface area contributed by atoms with Gasteiger partial charge >= 0.3 is 6.18 Å². The van der Waals surface area contributed by atoms with E-state index in [1.54, 1.807) is 19.1 Å². The van der Waals surface area contributed by atoms with E-state index in [0.29, 0.717) is 17.0 Å². The SMILES string of the molecule is Cc1ccc(Br)cc1NC(=O)C(C)(N)C(F)(F)F. The topological polar surface area (TPSA) is 55.1 Å². The zero-order valence-electron chi connectivity index (χ0n) is 9.73. The monoisotopic (exact) mass is 324 g/mol. The van der Waals surface area contributed by atoms with Gasteiger partial charge in [-0.3, -0.25) is 4.79 Å². The number of rotatable bonds is 2. The normalized spacial score (nSPS) is 15.1. The second kappa shape index (κ2) is 4.89. The molecule has 3 nitrogen and oxygen atoms in total. The van der Waals surface area contributed by atoms with Crippen LogP contribution in [-0.4, -0.2) is 17.6 Å². The van der Waals surface area contributed by atoms with Crippen molar-refractivity contribution in [3.63, 3.8) is 0 Å². The van der Waals surface area contributed by atoms with E-state index in [0.717, 1.165) is 0 Å². The highest BCUT2D eigenvalue weighted by Crippen LogP contribution is 2.30. The van der Waals surface area contributed by atoms with Crippen molar-refractivity contribution >= 4 is 27.5 Å². The molecule has 1 amide bonds. The molecule has 0 spiro atoms. The smallest absolute Gasteiger partial charge is 0.324 e. The van der Waals surface area contributed by atoms with Gasteiger partial charge in [-0.1, -0.05) is 22.0 Å². The van der Waals surface area contributed by atoms with Gasteiger partial charge < -0.3 is 11.1 Å². The molecule has 1 aromatic rings. The molecule has 0 aliphatic heterocycles. The molecule has 3 N–H and O–H groups in total. The van der Waals surface area contributed by atoms with Crippen LogP contribution in [0.2, 0.25) is 0 Å². The van der Waals surface area contributed by atoms with Crippen molar-refractivity contribution < 1.29 is 18.0 Å². The van der Waals surface area contributed by atoms with Crippen molar-refractivity contribution in [1.29, 1.82) is 0 Å². The highest BCUT2D eigenvalue weighted by Gasteiger charge is 2.54. The van der Waals surface area contributed by atoms with Crippen molar-refractivity contribution in [2.75, 3.05) is 5.32 Å². The molecule has 1 aromatic carbocycles. The third-order valence-electron chi connectivity index (χ3n) is 2.51. The van der Waals surface area contributed by atoms with E-state index < -0.39 is 17.6 Å². The van der Waals surface area contributed by atoms with Crippen LogP contribution in [0.25, 0.3) is 0 Å². The minimum atomic E-state index is -4.81. The number of alkyl halides is 3. The number of nitrogens with one attached hydrogen (secondary N) is 1. The number of benzene rings is 1. The second-order valence-electron chi connectivity index (χ2n) is 4.11. The van der Waals surface area contributed by atoms with E-state index in [1.807, 2.05) is 0 Å². The number of nitrogens with two attached hydrogens (primary N) is 1. The first kappa shape index (κ1) is 15.0. The summed E-state index contributed by atoms with van der Waals surface area (Å²) in [7, 11) is 0.